The number of furan rings is 1. The molecule has 2 fully saturated rings. The van der Waals surface area contributed by atoms with E-state index < -0.39 is 0 Å². The summed E-state index contributed by atoms with van der Waals surface area (Å²) in [5.74, 6) is 1.47. The lowest BCUT2D eigenvalue weighted by Gasteiger charge is -2.33. The van der Waals surface area contributed by atoms with Crippen molar-refractivity contribution in [3.05, 3.63) is 30.2 Å². The van der Waals surface area contributed by atoms with Crippen molar-refractivity contribution in [1.29, 1.82) is 0 Å². The fraction of sp³-hybridized carbons (Fsp3) is 0.471. The van der Waals surface area contributed by atoms with Crippen LogP contribution in [0.1, 0.15) is 23.3 Å². The summed E-state index contributed by atoms with van der Waals surface area (Å²) < 4.78 is 10.4. The van der Waals surface area contributed by atoms with Crippen molar-refractivity contribution in [2.75, 3.05) is 32.7 Å². The molecular weight excluding hydrogens is 310 g/mol. The molecular formula is C17H19N3O4. The largest absolute Gasteiger partial charge is 0.461 e. The number of amides is 1. The van der Waals surface area contributed by atoms with Crippen molar-refractivity contribution in [3.63, 3.8) is 0 Å². The van der Waals surface area contributed by atoms with Gasteiger partial charge in [0, 0.05) is 38.2 Å². The summed E-state index contributed by atoms with van der Waals surface area (Å²) >= 11 is 0. The molecule has 2 aliphatic rings. The van der Waals surface area contributed by atoms with Crippen LogP contribution in [0.2, 0.25) is 0 Å². The molecule has 0 spiro atoms. The molecule has 1 saturated heterocycles. The molecule has 1 aliphatic heterocycles. The fourth-order valence-electron chi connectivity index (χ4n) is 2.94. The zero-order chi connectivity index (χ0) is 16.5. The second kappa shape index (κ2) is 6.24. The maximum Gasteiger partial charge on any atom is 0.276 e. The first-order valence-electron chi connectivity index (χ1n) is 8.25. The quantitative estimate of drug-likeness (QED) is 0.830. The van der Waals surface area contributed by atoms with E-state index in [4.69, 9.17) is 8.94 Å². The van der Waals surface area contributed by atoms with Crippen molar-refractivity contribution in [3.8, 4) is 11.5 Å². The highest BCUT2D eigenvalue weighted by atomic mass is 16.5. The Labute approximate surface area is 139 Å². The van der Waals surface area contributed by atoms with Gasteiger partial charge in [-0.25, -0.2) is 0 Å². The van der Waals surface area contributed by atoms with Crippen LogP contribution in [-0.2, 0) is 4.79 Å². The van der Waals surface area contributed by atoms with Crippen molar-refractivity contribution >= 4 is 11.7 Å². The third-order valence-corrected chi connectivity index (χ3v) is 4.56. The highest BCUT2D eigenvalue weighted by Gasteiger charge is 2.32. The summed E-state index contributed by atoms with van der Waals surface area (Å²) in [7, 11) is 0. The molecule has 0 atom stereocenters. The lowest BCUT2D eigenvalue weighted by Crippen LogP contribution is -2.50. The Balaban J connectivity index is 1.33. The summed E-state index contributed by atoms with van der Waals surface area (Å²) in [5, 5.41) is 3.85. The molecule has 0 aromatic carbocycles. The number of hydrogen-bond acceptors (Lipinski definition) is 6. The Hall–Kier alpha value is -2.41. The van der Waals surface area contributed by atoms with Crippen LogP contribution in [0.15, 0.2) is 33.4 Å². The molecule has 24 heavy (non-hydrogen) atoms. The summed E-state index contributed by atoms with van der Waals surface area (Å²) in [4.78, 5) is 28.3. The number of aromatic nitrogens is 1. The van der Waals surface area contributed by atoms with Crippen molar-refractivity contribution < 1.29 is 18.5 Å². The van der Waals surface area contributed by atoms with Gasteiger partial charge >= 0.3 is 0 Å². The van der Waals surface area contributed by atoms with Gasteiger partial charge in [0.15, 0.2) is 11.5 Å². The maximum absolute atomic E-state index is 12.5. The summed E-state index contributed by atoms with van der Waals surface area (Å²) in [5.41, 5.74) is 0.281. The zero-order valence-electron chi connectivity index (χ0n) is 13.3. The minimum atomic E-state index is -0.148. The average Bonchev–Trinajstić information content (AvgIpc) is 3.11. The number of hydrogen-bond donors (Lipinski definition) is 0. The van der Waals surface area contributed by atoms with Gasteiger partial charge < -0.3 is 13.8 Å². The second-order valence-corrected chi connectivity index (χ2v) is 6.36. The molecule has 3 heterocycles. The first-order chi connectivity index (χ1) is 11.7. The molecule has 2 aromatic rings. The van der Waals surface area contributed by atoms with E-state index in [0.717, 1.165) is 12.8 Å². The van der Waals surface area contributed by atoms with Crippen LogP contribution in [0, 0.1) is 5.92 Å². The minimum absolute atomic E-state index is 0.148. The van der Waals surface area contributed by atoms with Gasteiger partial charge in [0.2, 0.25) is 5.76 Å². The van der Waals surface area contributed by atoms with Crippen molar-refractivity contribution in [2.45, 2.75) is 12.8 Å². The normalized spacial score (nSPS) is 18.8. The Bertz CT molecular complexity index is 725. The zero-order valence-corrected chi connectivity index (χ0v) is 13.3. The van der Waals surface area contributed by atoms with Crippen LogP contribution in [0.4, 0.5) is 0 Å². The molecule has 4 rings (SSSR count). The third-order valence-electron chi connectivity index (χ3n) is 4.56. The second-order valence-electron chi connectivity index (χ2n) is 6.36. The van der Waals surface area contributed by atoms with E-state index >= 15 is 0 Å². The SMILES string of the molecule is O=C(CN1CCN(C(=O)c2cc(-c3ccco3)on2)CC1)C1CC1. The monoisotopic (exact) mass is 329 g/mol. The van der Waals surface area contributed by atoms with E-state index in [2.05, 4.69) is 10.1 Å². The van der Waals surface area contributed by atoms with Gasteiger partial charge in [-0.05, 0) is 25.0 Å². The minimum Gasteiger partial charge on any atom is -0.461 e. The molecule has 1 aliphatic carbocycles. The molecule has 7 nitrogen and oxygen atoms in total. The summed E-state index contributed by atoms with van der Waals surface area (Å²) in [6.45, 7) is 3.14. The maximum atomic E-state index is 12.5. The van der Waals surface area contributed by atoms with Gasteiger partial charge in [0.05, 0.1) is 12.8 Å². The van der Waals surface area contributed by atoms with E-state index in [1.807, 2.05) is 0 Å². The molecule has 0 radical (unpaired) electrons. The van der Waals surface area contributed by atoms with Crippen LogP contribution in [-0.4, -0.2) is 59.4 Å². The topological polar surface area (TPSA) is 79.8 Å². The Morgan fingerprint density at radius 2 is 1.96 bits per heavy atom. The number of piperazine rings is 1. The predicted molar refractivity (Wildman–Crippen MR) is 84.3 cm³/mol. The highest BCUT2D eigenvalue weighted by Crippen LogP contribution is 2.30. The predicted octanol–water partition coefficient (Wildman–Crippen LogP) is 1.67. The van der Waals surface area contributed by atoms with Crippen LogP contribution >= 0.6 is 0 Å². The summed E-state index contributed by atoms with van der Waals surface area (Å²) in [6, 6.07) is 5.11. The molecule has 1 amide bonds. The van der Waals surface area contributed by atoms with Crippen LogP contribution in [0.5, 0.6) is 0 Å². The van der Waals surface area contributed by atoms with Gasteiger partial charge in [0.1, 0.15) is 5.78 Å². The van der Waals surface area contributed by atoms with Crippen LogP contribution < -0.4 is 0 Å². The molecule has 126 valence electrons. The Morgan fingerprint density at radius 1 is 1.17 bits per heavy atom. The first-order valence-corrected chi connectivity index (χ1v) is 8.25. The van der Waals surface area contributed by atoms with Gasteiger partial charge in [-0.3, -0.25) is 14.5 Å². The standard InChI is InChI=1S/C17H19N3O4/c21-14(12-3-4-12)11-19-5-7-20(8-6-19)17(22)13-10-16(24-18-13)15-2-1-9-23-15/h1-2,9-10,12H,3-8,11H2. The van der Waals surface area contributed by atoms with Gasteiger partial charge in [-0.1, -0.05) is 5.16 Å². The Kier molecular flexibility index (Phi) is 3.93. The number of Topliss-reactive ketones (excluding diaryl/α,β-unsaturated/α-hetero) is 1. The third kappa shape index (κ3) is 3.12. The van der Waals surface area contributed by atoms with Crippen molar-refractivity contribution in [1.82, 2.24) is 15.0 Å². The molecule has 0 unspecified atom stereocenters. The molecule has 0 bridgehead atoms. The number of carbonyl (C=O) groups excluding carboxylic acids is 2. The number of rotatable bonds is 5. The van der Waals surface area contributed by atoms with E-state index in [0.29, 0.717) is 55.9 Å². The smallest absolute Gasteiger partial charge is 0.276 e. The van der Waals surface area contributed by atoms with Gasteiger partial charge in [0.25, 0.3) is 5.91 Å². The van der Waals surface area contributed by atoms with Gasteiger partial charge in [-0.2, -0.15) is 0 Å². The lowest BCUT2D eigenvalue weighted by atomic mass is 10.2. The Morgan fingerprint density at radius 3 is 2.62 bits per heavy atom. The van der Waals surface area contributed by atoms with E-state index in [-0.39, 0.29) is 11.6 Å². The fourth-order valence-corrected chi connectivity index (χ4v) is 2.94. The molecule has 0 N–H and O–H groups in total. The first kappa shape index (κ1) is 15.1. The van der Waals surface area contributed by atoms with Gasteiger partial charge in [-0.15, -0.1) is 0 Å². The highest BCUT2D eigenvalue weighted by molar-refractivity contribution is 5.93. The van der Waals surface area contributed by atoms with Crippen LogP contribution in [0.3, 0.4) is 0 Å². The molecule has 7 heteroatoms. The van der Waals surface area contributed by atoms with Crippen molar-refractivity contribution in [2.24, 2.45) is 5.92 Å². The average molecular weight is 329 g/mol. The van der Waals surface area contributed by atoms with E-state index in [9.17, 15) is 9.59 Å². The number of ketones is 1. The van der Waals surface area contributed by atoms with E-state index in [1.165, 1.54) is 0 Å². The van der Waals surface area contributed by atoms with E-state index in [1.54, 1.807) is 29.4 Å². The number of carbonyl (C=O) groups is 2. The molecule has 1 saturated carbocycles. The summed E-state index contributed by atoms with van der Waals surface area (Å²) in [6.07, 6.45) is 3.63. The lowest BCUT2D eigenvalue weighted by molar-refractivity contribution is -0.121. The molecule has 2 aromatic heterocycles. The van der Waals surface area contributed by atoms with Crippen LogP contribution in [0.25, 0.3) is 11.5 Å². The number of nitrogens with zero attached hydrogens (tertiary/aromatic N) is 3.